The second-order valence-electron chi connectivity index (χ2n) is 4.69. The third-order valence-corrected chi connectivity index (χ3v) is 3.09. The number of esters is 1. The van der Waals surface area contributed by atoms with E-state index in [2.05, 4.69) is 15.1 Å². The van der Waals surface area contributed by atoms with Gasteiger partial charge in [0.05, 0.1) is 6.54 Å². The van der Waals surface area contributed by atoms with Crippen molar-refractivity contribution in [3.63, 3.8) is 0 Å². The van der Waals surface area contributed by atoms with Crippen molar-refractivity contribution in [1.29, 1.82) is 0 Å². The summed E-state index contributed by atoms with van der Waals surface area (Å²) in [6.45, 7) is 2.61. The summed E-state index contributed by atoms with van der Waals surface area (Å²) in [5.41, 5.74) is 2.08. The van der Waals surface area contributed by atoms with Crippen molar-refractivity contribution in [3.8, 4) is 11.3 Å². The van der Waals surface area contributed by atoms with Crippen molar-refractivity contribution in [2.45, 2.75) is 13.5 Å². The molecule has 0 aliphatic rings. The second-order valence-corrected chi connectivity index (χ2v) is 4.69. The van der Waals surface area contributed by atoms with Crippen LogP contribution in [-0.4, -0.2) is 32.3 Å². The predicted molar refractivity (Wildman–Crippen MR) is 77.0 cm³/mol. The Morgan fingerprint density at radius 1 is 1.32 bits per heavy atom. The van der Waals surface area contributed by atoms with Gasteiger partial charge >= 0.3 is 5.97 Å². The maximum absolute atomic E-state index is 12.1. The normalized spacial score (nSPS) is 10.6. The summed E-state index contributed by atoms with van der Waals surface area (Å²) in [6, 6.07) is 7.64. The van der Waals surface area contributed by atoms with Crippen molar-refractivity contribution < 1.29 is 13.9 Å². The number of aryl methyl sites for hydroxylation is 1. The molecule has 0 radical (unpaired) electrons. The number of oxazole rings is 1. The lowest BCUT2D eigenvalue weighted by Crippen LogP contribution is -2.12. The Balaban J connectivity index is 1.68. The van der Waals surface area contributed by atoms with E-state index in [1.807, 2.05) is 31.2 Å². The lowest BCUT2D eigenvalue weighted by molar-refractivity contribution is 0.0482. The van der Waals surface area contributed by atoms with Crippen LogP contribution >= 0.6 is 0 Å². The molecular formula is C15H14N4O3. The van der Waals surface area contributed by atoms with Crippen LogP contribution < -0.4 is 0 Å². The molecule has 3 rings (SSSR count). The number of rotatable bonds is 5. The van der Waals surface area contributed by atoms with Crippen molar-refractivity contribution in [3.05, 3.63) is 54.6 Å². The average Bonchev–Trinajstić information content (AvgIpc) is 3.19. The van der Waals surface area contributed by atoms with Crippen LogP contribution in [0.3, 0.4) is 0 Å². The number of benzene rings is 1. The van der Waals surface area contributed by atoms with Gasteiger partial charge in [-0.2, -0.15) is 5.10 Å². The zero-order chi connectivity index (χ0) is 15.4. The van der Waals surface area contributed by atoms with Crippen LogP contribution in [0.25, 0.3) is 11.3 Å². The molecule has 0 spiro atoms. The van der Waals surface area contributed by atoms with Gasteiger partial charge in [-0.3, -0.25) is 0 Å². The van der Waals surface area contributed by atoms with Gasteiger partial charge < -0.3 is 9.15 Å². The van der Waals surface area contributed by atoms with Gasteiger partial charge in [-0.25, -0.2) is 19.4 Å². The van der Waals surface area contributed by atoms with E-state index in [1.54, 1.807) is 11.0 Å². The molecule has 0 fully saturated rings. The molecule has 0 saturated carbocycles. The lowest BCUT2D eigenvalue weighted by Gasteiger charge is -2.04. The molecule has 3 aromatic rings. The second kappa shape index (κ2) is 6.21. The Bertz CT molecular complexity index is 747. The maximum Gasteiger partial charge on any atom is 0.361 e. The number of nitrogens with zero attached hydrogens (tertiary/aromatic N) is 4. The molecule has 112 valence electrons. The van der Waals surface area contributed by atoms with Gasteiger partial charge in [0.2, 0.25) is 0 Å². The molecule has 0 saturated heterocycles. The highest BCUT2D eigenvalue weighted by Gasteiger charge is 2.19. The average molecular weight is 298 g/mol. The lowest BCUT2D eigenvalue weighted by atomic mass is 10.1. The van der Waals surface area contributed by atoms with Crippen molar-refractivity contribution in [1.82, 2.24) is 19.7 Å². The van der Waals surface area contributed by atoms with Gasteiger partial charge in [0.1, 0.15) is 19.3 Å². The van der Waals surface area contributed by atoms with E-state index in [-0.39, 0.29) is 12.3 Å². The summed E-state index contributed by atoms with van der Waals surface area (Å²) in [7, 11) is 0. The standard InChI is InChI=1S/C15H14N4O3/c1-11-2-4-12(5-3-11)14-13(17-10-22-14)15(20)21-7-6-19-9-16-8-18-19/h2-5,8-10H,6-7H2,1H3. The molecular weight excluding hydrogens is 284 g/mol. The van der Waals surface area contributed by atoms with Crippen molar-refractivity contribution in [2.24, 2.45) is 0 Å². The molecule has 0 amide bonds. The fraction of sp³-hybridized carbons (Fsp3) is 0.200. The van der Waals surface area contributed by atoms with Crippen LogP contribution in [0.2, 0.25) is 0 Å². The van der Waals surface area contributed by atoms with Crippen LogP contribution in [0.1, 0.15) is 16.1 Å². The molecule has 0 aliphatic carbocycles. The number of carbonyl (C=O) groups excluding carboxylic acids is 1. The summed E-state index contributed by atoms with van der Waals surface area (Å²) in [4.78, 5) is 19.9. The molecule has 1 aromatic carbocycles. The smallest absolute Gasteiger partial charge is 0.361 e. The quantitative estimate of drug-likeness (QED) is 0.671. The first-order valence-corrected chi connectivity index (χ1v) is 6.74. The van der Waals surface area contributed by atoms with E-state index >= 15 is 0 Å². The molecule has 2 aromatic heterocycles. The molecule has 7 heteroatoms. The predicted octanol–water partition coefficient (Wildman–Crippen LogP) is 2.10. The number of hydrogen-bond donors (Lipinski definition) is 0. The zero-order valence-corrected chi connectivity index (χ0v) is 12.0. The van der Waals surface area contributed by atoms with E-state index in [4.69, 9.17) is 9.15 Å². The summed E-state index contributed by atoms with van der Waals surface area (Å²) in [5.74, 6) is -0.116. The summed E-state index contributed by atoms with van der Waals surface area (Å²) in [6.07, 6.45) is 4.22. The molecule has 0 bridgehead atoms. The van der Waals surface area contributed by atoms with Gasteiger partial charge in [-0.05, 0) is 6.92 Å². The Kier molecular flexibility index (Phi) is 3.95. The molecule has 7 nitrogen and oxygen atoms in total. The summed E-state index contributed by atoms with van der Waals surface area (Å²) in [5, 5.41) is 3.93. The topological polar surface area (TPSA) is 83.0 Å². The molecule has 2 heterocycles. The first-order chi connectivity index (χ1) is 10.7. The fourth-order valence-corrected chi connectivity index (χ4v) is 1.95. The zero-order valence-electron chi connectivity index (χ0n) is 12.0. The summed E-state index contributed by atoms with van der Waals surface area (Å²) >= 11 is 0. The fourth-order valence-electron chi connectivity index (χ4n) is 1.95. The van der Waals surface area contributed by atoms with Crippen LogP contribution in [0.5, 0.6) is 0 Å². The SMILES string of the molecule is Cc1ccc(-c2ocnc2C(=O)OCCn2cncn2)cc1. The first-order valence-electron chi connectivity index (χ1n) is 6.74. The van der Waals surface area contributed by atoms with E-state index in [0.717, 1.165) is 11.1 Å². The van der Waals surface area contributed by atoms with Gasteiger partial charge in [0.15, 0.2) is 17.8 Å². The summed E-state index contributed by atoms with van der Waals surface area (Å²) < 4.78 is 12.1. The van der Waals surface area contributed by atoms with E-state index < -0.39 is 5.97 Å². The van der Waals surface area contributed by atoms with Gasteiger partial charge in [0, 0.05) is 5.56 Å². The van der Waals surface area contributed by atoms with Crippen molar-refractivity contribution in [2.75, 3.05) is 6.61 Å². The highest BCUT2D eigenvalue weighted by molar-refractivity contribution is 5.93. The van der Waals surface area contributed by atoms with Gasteiger partial charge in [-0.15, -0.1) is 0 Å². The minimum absolute atomic E-state index is 0.169. The molecule has 0 N–H and O–H groups in total. The third kappa shape index (κ3) is 3.03. The molecule has 0 unspecified atom stereocenters. The highest BCUT2D eigenvalue weighted by Crippen LogP contribution is 2.23. The first kappa shape index (κ1) is 14.0. The maximum atomic E-state index is 12.1. The Hall–Kier alpha value is -2.96. The Morgan fingerprint density at radius 2 is 2.14 bits per heavy atom. The number of hydrogen-bond acceptors (Lipinski definition) is 6. The third-order valence-electron chi connectivity index (χ3n) is 3.09. The molecule has 22 heavy (non-hydrogen) atoms. The van der Waals surface area contributed by atoms with Gasteiger partial charge in [0.25, 0.3) is 0 Å². The number of aromatic nitrogens is 4. The number of ether oxygens (including phenoxy) is 1. The van der Waals surface area contributed by atoms with Crippen LogP contribution in [0.15, 0.2) is 47.7 Å². The van der Waals surface area contributed by atoms with Gasteiger partial charge in [-0.1, -0.05) is 29.8 Å². The Labute approximate surface area is 126 Å². The highest BCUT2D eigenvalue weighted by atomic mass is 16.5. The minimum Gasteiger partial charge on any atom is -0.459 e. The minimum atomic E-state index is -0.524. The molecule has 0 aliphatic heterocycles. The van der Waals surface area contributed by atoms with Crippen LogP contribution in [0.4, 0.5) is 0 Å². The van der Waals surface area contributed by atoms with E-state index in [9.17, 15) is 4.79 Å². The van der Waals surface area contributed by atoms with E-state index in [0.29, 0.717) is 12.3 Å². The van der Waals surface area contributed by atoms with Crippen molar-refractivity contribution >= 4 is 5.97 Å². The number of carbonyl (C=O) groups is 1. The van der Waals surface area contributed by atoms with E-state index in [1.165, 1.54) is 12.7 Å². The van der Waals surface area contributed by atoms with Crippen LogP contribution in [-0.2, 0) is 11.3 Å². The van der Waals surface area contributed by atoms with Crippen LogP contribution in [0, 0.1) is 6.92 Å². The Morgan fingerprint density at radius 3 is 2.86 bits per heavy atom. The monoisotopic (exact) mass is 298 g/mol. The molecule has 0 atom stereocenters. The largest absolute Gasteiger partial charge is 0.459 e.